The van der Waals surface area contributed by atoms with Crippen LogP contribution in [-0.4, -0.2) is 20.2 Å². The Hall–Kier alpha value is -1.66. The molecule has 0 aliphatic rings. The first-order chi connectivity index (χ1) is 6.07. The van der Waals surface area contributed by atoms with Gasteiger partial charge >= 0.3 is 6.18 Å². The fourth-order valence-corrected chi connectivity index (χ4v) is 0.888. The van der Waals surface area contributed by atoms with Crippen LogP contribution in [0.4, 0.5) is 13.2 Å². The van der Waals surface area contributed by atoms with Crippen molar-refractivity contribution < 1.29 is 13.2 Å². The summed E-state index contributed by atoms with van der Waals surface area (Å²) in [4.78, 5) is 6.16. The molecule has 0 fully saturated rings. The number of rotatable bonds is 0. The summed E-state index contributed by atoms with van der Waals surface area (Å²) in [7, 11) is 0. The van der Waals surface area contributed by atoms with Crippen LogP contribution in [-0.2, 0) is 6.18 Å². The van der Waals surface area contributed by atoms with Gasteiger partial charge in [-0.1, -0.05) is 0 Å². The number of aromatic nitrogens is 4. The molecule has 0 aromatic carbocycles. The van der Waals surface area contributed by atoms with Gasteiger partial charge in [0.1, 0.15) is 0 Å². The second-order valence-corrected chi connectivity index (χ2v) is 2.37. The standard InChI is InChI=1S/C6H3F3N4/c7-6(8,9)4-1-3-5(13-12-4)11-2-10-3/h1-2H,(H,10,11,13). The molecule has 7 heteroatoms. The van der Waals surface area contributed by atoms with Gasteiger partial charge in [-0.2, -0.15) is 13.2 Å². The number of nitrogens with one attached hydrogen (secondary N) is 1. The number of hydrogen-bond donors (Lipinski definition) is 1. The van der Waals surface area contributed by atoms with E-state index in [1.165, 1.54) is 6.33 Å². The highest BCUT2D eigenvalue weighted by Gasteiger charge is 2.33. The molecule has 1 N–H and O–H groups in total. The minimum atomic E-state index is -4.47. The molecule has 2 aromatic heterocycles. The molecular formula is C6H3F3N4. The van der Waals surface area contributed by atoms with Crippen molar-refractivity contribution in [3.63, 3.8) is 0 Å². The van der Waals surface area contributed by atoms with Gasteiger partial charge in [-0.3, -0.25) is 0 Å². The van der Waals surface area contributed by atoms with Crippen molar-refractivity contribution in [2.75, 3.05) is 0 Å². The molecule has 13 heavy (non-hydrogen) atoms. The van der Waals surface area contributed by atoms with E-state index in [4.69, 9.17) is 0 Å². The summed E-state index contributed by atoms with van der Waals surface area (Å²) in [6.45, 7) is 0. The monoisotopic (exact) mass is 188 g/mol. The number of imidazole rings is 1. The Bertz CT molecular complexity index is 433. The molecule has 0 spiro atoms. The second kappa shape index (κ2) is 2.41. The van der Waals surface area contributed by atoms with Gasteiger partial charge in [0.05, 0.1) is 11.8 Å². The fourth-order valence-electron chi connectivity index (χ4n) is 0.888. The largest absolute Gasteiger partial charge is 0.435 e. The number of hydrogen-bond acceptors (Lipinski definition) is 3. The maximum absolute atomic E-state index is 12.1. The first kappa shape index (κ1) is 7.96. The number of fused-ring (bicyclic) bond motifs is 1. The van der Waals surface area contributed by atoms with E-state index in [0.717, 1.165) is 6.07 Å². The normalized spacial score (nSPS) is 12.2. The Balaban J connectivity index is 2.61. The van der Waals surface area contributed by atoms with Gasteiger partial charge in [-0.05, 0) is 6.07 Å². The Morgan fingerprint density at radius 1 is 1.23 bits per heavy atom. The summed E-state index contributed by atoms with van der Waals surface area (Å²) in [5.74, 6) is 0. The molecule has 0 aliphatic heterocycles. The molecular weight excluding hydrogens is 185 g/mol. The van der Waals surface area contributed by atoms with Crippen LogP contribution in [0.15, 0.2) is 12.4 Å². The number of alkyl halides is 3. The predicted molar refractivity (Wildman–Crippen MR) is 36.7 cm³/mol. The summed E-state index contributed by atoms with van der Waals surface area (Å²) >= 11 is 0. The fraction of sp³-hybridized carbons (Fsp3) is 0.167. The van der Waals surface area contributed by atoms with Crippen LogP contribution in [0.3, 0.4) is 0 Å². The van der Waals surface area contributed by atoms with Crippen LogP contribution < -0.4 is 0 Å². The smallest absolute Gasteiger partial charge is 0.343 e. The molecule has 0 aliphatic carbocycles. The Kier molecular flexibility index (Phi) is 1.48. The van der Waals surface area contributed by atoms with E-state index in [1.807, 2.05) is 0 Å². The highest BCUT2D eigenvalue weighted by molar-refractivity contribution is 5.69. The molecule has 4 nitrogen and oxygen atoms in total. The van der Waals surface area contributed by atoms with Gasteiger partial charge < -0.3 is 4.98 Å². The van der Waals surface area contributed by atoms with Crippen molar-refractivity contribution in [1.29, 1.82) is 0 Å². The molecule has 0 atom stereocenters. The van der Waals surface area contributed by atoms with Crippen molar-refractivity contribution in [2.24, 2.45) is 0 Å². The quantitative estimate of drug-likeness (QED) is 0.679. The van der Waals surface area contributed by atoms with E-state index in [-0.39, 0.29) is 11.2 Å². The Morgan fingerprint density at radius 3 is 2.69 bits per heavy atom. The van der Waals surface area contributed by atoms with Gasteiger partial charge in [0.25, 0.3) is 0 Å². The van der Waals surface area contributed by atoms with Gasteiger partial charge in [0.2, 0.25) is 0 Å². The number of H-pyrrole nitrogens is 1. The molecule has 68 valence electrons. The lowest BCUT2D eigenvalue weighted by molar-refractivity contribution is -0.141. The first-order valence-corrected chi connectivity index (χ1v) is 3.31. The van der Waals surface area contributed by atoms with E-state index >= 15 is 0 Å². The molecule has 2 heterocycles. The van der Waals surface area contributed by atoms with Gasteiger partial charge in [-0.25, -0.2) is 4.98 Å². The minimum absolute atomic E-state index is 0.174. The lowest BCUT2D eigenvalue weighted by Gasteiger charge is -2.02. The van der Waals surface area contributed by atoms with Gasteiger partial charge in [0.15, 0.2) is 11.3 Å². The zero-order valence-corrected chi connectivity index (χ0v) is 6.13. The van der Waals surface area contributed by atoms with Crippen LogP contribution >= 0.6 is 0 Å². The molecule has 0 amide bonds. The molecule has 0 unspecified atom stereocenters. The Morgan fingerprint density at radius 2 is 2.00 bits per heavy atom. The van der Waals surface area contributed by atoms with E-state index in [2.05, 4.69) is 20.2 Å². The van der Waals surface area contributed by atoms with Crippen LogP contribution in [0.25, 0.3) is 11.2 Å². The van der Waals surface area contributed by atoms with Crippen LogP contribution in [0.1, 0.15) is 5.69 Å². The van der Waals surface area contributed by atoms with E-state index in [0.29, 0.717) is 0 Å². The van der Waals surface area contributed by atoms with Gasteiger partial charge in [-0.15, -0.1) is 10.2 Å². The second-order valence-electron chi connectivity index (χ2n) is 2.37. The molecule has 0 radical (unpaired) electrons. The number of aromatic amines is 1. The third-order valence-corrected chi connectivity index (χ3v) is 1.47. The highest BCUT2D eigenvalue weighted by atomic mass is 19.4. The molecule has 0 bridgehead atoms. The molecule has 2 rings (SSSR count). The maximum Gasteiger partial charge on any atom is 0.435 e. The average molecular weight is 188 g/mol. The van der Waals surface area contributed by atoms with Crippen LogP contribution in [0.2, 0.25) is 0 Å². The van der Waals surface area contributed by atoms with Crippen molar-refractivity contribution in [3.05, 3.63) is 18.1 Å². The lowest BCUT2D eigenvalue weighted by Crippen LogP contribution is -2.08. The number of halogens is 3. The maximum atomic E-state index is 12.1. The SMILES string of the molecule is FC(F)(F)c1cc2[nH]cnc2nn1. The topological polar surface area (TPSA) is 54.5 Å². The number of nitrogens with zero attached hydrogens (tertiary/aromatic N) is 3. The summed E-state index contributed by atoms with van der Waals surface area (Å²) in [6.07, 6.45) is -3.20. The third-order valence-electron chi connectivity index (χ3n) is 1.47. The third kappa shape index (κ3) is 1.32. The average Bonchev–Trinajstić information content (AvgIpc) is 2.47. The zero-order valence-electron chi connectivity index (χ0n) is 6.13. The van der Waals surface area contributed by atoms with Crippen LogP contribution in [0, 0.1) is 0 Å². The van der Waals surface area contributed by atoms with E-state index in [1.54, 1.807) is 0 Å². The summed E-state index contributed by atoms with van der Waals surface area (Å²) in [5.41, 5.74) is -0.625. The van der Waals surface area contributed by atoms with Crippen LogP contribution in [0.5, 0.6) is 0 Å². The molecule has 2 aromatic rings. The van der Waals surface area contributed by atoms with Gasteiger partial charge in [0, 0.05) is 0 Å². The lowest BCUT2D eigenvalue weighted by atomic mass is 10.3. The molecule has 0 saturated heterocycles. The summed E-state index contributed by atoms with van der Waals surface area (Å²) in [5, 5.41) is 6.29. The zero-order chi connectivity index (χ0) is 9.47. The van der Waals surface area contributed by atoms with E-state index < -0.39 is 11.9 Å². The highest BCUT2D eigenvalue weighted by Crippen LogP contribution is 2.27. The summed E-state index contributed by atoms with van der Waals surface area (Å²) < 4.78 is 36.3. The first-order valence-electron chi connectivity index (χ1n) is 3.31. The van der Waals surface area contributed by atoms with E-state index in [9.17, 15) is 13.2 Å². The minimum Gasteiger partial charge on any atom is -0.343 e. The Labute approximate surface area is 69.8 Å². The van der Waals surface area contributed by atoms with Crippen molar-refractivity contribution in [2.45, 2.75) is 6.18 Å². The predicted octanol–water partition coefficient (Wildman–Crippen LogP) is 1.37. The summed E-state index contributed by atoms with van der Waals surface area (Å²) in [6, 6.07) is 0.870. The molecule has 0 saturated carbocycles. The van der Waals surface area contributed by atoms with Crippen molar-refractivity contribution in [3.8, 4) is 0 Å². The van der Waals surface area contributed by atoms with Crippen molar-refractivity contribution >= 4 is 11.2 Å². The van der Waals surface area contributed by atoms with Crippen molar-refractivity contribution in [1.82, 2.24) is 20.2 Å².